The van der Waals surface area contributed by atoms with Crippen LogP contribution in [0.15, 0.2) is 97.1 Å². The molecule has 0 fully saturated rings. The summed E-state index contributed by atoms with van der Waals surface area (Å²) in [6.07, 6.45) is -0.0152. The summed E-state index contributed by atoms with van der Waals surface area (Å²) < 4.78 is 48.2. The van der Waals surface area contributed by atoms with Gasteiger partial charge in [0.25, 0.3) is 0 Å². The number of hydrogen-bond acceptors (Lipinski definition) is 25. The first-order chi connectivity index (χ1) is 45.8. The van der Waals surface area contributed by atoms with Gasteiger partial charge in [-0.05, 0) is 153 Å². The van der Waals surface area contributed by atoms with E-state index in [0.717, 1.165) is 71.4 Å². The Labute approximate surface area is 556 Å². The van der Waals surface area contributed by atoms with Gasteiger partial charge < -0.3 is 74.0 Å². The fourth-order valence-corrected chi connectivity index (χ4v) is 9.91. The molecule has 29 heteroatoms. The van der Waals surface area contributed by atoms with Gasteiger partial charge in [0.15, 0.2) is 0 Å². The third-order valence-corrected chi connectivity index (χ3v) is 14.1. The summed E-state index contributed by atoms with van der Waals surface area (Å²) in [5, 5.41) is 31.8. The summed E-state index contributed by atoms with van der Waals surface area (Å²) in [6, 6.07) is 32.1. The fraction of sp³-hybridized carbons (Fsp3) is 0.485. The van der Waals surface area contributed by atoms with Crippen molar-refractivity contribution in [3.8, 4) is 23.0 Å². The number of aromatic nitrogens is 12. The quantitative estimate of drug-likeness (QED) is 0.0254. The van der Waals surface area contributed by atoms with Gasteiger partial charge in [-0.25, -0.2) is 28.3 Å². The highest BCUT2D eigenvalue weighted by molar-refractivity contribution is 5.74. The molecule has 0 unspecified atom stereocenters. The molecule has 0 saturated carbocycles. The standard InChI is InChI=1S/C66H94N20O9/c1-79(2)41-47-21-13-25-51(37-47)90-33-17-29-67-63-71-59(75-83(63)9)57(60-72-64(84(10)76-60)68-30-18-34-91-52-26-14-22-48(38-52)42-80(3)4)94-55(87)45-89-46-56(88)95-58(61-73-65(85(11)77-61)69-31-19-35-92-53-27-15-23-49(39-53)43-81(5)6)62-74-66(86(12)78-62)70-32-20-36-93-54-28-16-24-50(40-54)44-82(7)8/h13-16,21-28,37-40,57-58H,17-20,29-36,41-46H2,1-12H3,(H,67,71,75)(H,68,72,76)(H,69,73,77)(H,70,74,78). The molecule has 8 rings (SSSR count). The van der Waals surface area contributed by atoms with Crippen LogP contribution in [0.1, 0.15) is 83.4 Å². The van der Waals surface area contributed by atoms with Crippen LogP contribution in [0.4, 0.5) is 23.8 Å². The molecule has 512 valence electrons. The van der Waals surface area contributed by atoms with Crippen LogP contribution in [0.5, 0.6) is 23.0 Å². The number of hydrogen-bond donors (Lipinski definition) is 4. The Morgan fingerprint density at radius 2 is 0.632 bits per heavy atom. The SMILES string of the molecule is CN(C)Cc1cccc(OCCCNc2nc(C(OC(=O)COCC(=O)OC(c3nc(NCCCOc4cccc(CN(C)C)c4)n(C)n3)c3nc(NCCCOc4cccc(CN(C)C)c4)n(C)n3)c3nc(NCCCOc4cccc(CN(C)C)c4)n(C)n3)nn2C)c1. The van der Waals surface area contributed by atoms with Crippen molar-refractivity contribution in [2.45, 2.75) is 64.1 Å². The number of anilines is 4. The lowest BCUT2D eigenvalue weighted by Crippen LogP contribution is -2.23. The number of nitrogens with one attached hydrogen (secondary N) is 4. The fourth-order valence-electron chi connectivity index (χ4n) is 9.91. The normalized spacial score (nSPS) is 11.6. The second kappa shape index (κ2) is 36.3. The minimum atomic E-state index is -1.30. The van der Waals surface area contributed by atoms with Gasteiger partial charge in [0, 0.05) is 80.5 Å². The summed E-state index contributed by atoms with van der Waals surface area (Å²) in [6.45, 7) is 5.66. The van der Waals surface area contributed by atoms with Crippen LogP contribution >= 0.6 is 0 Å². The van der Waals surface area contributed by atoms with Gasteiger partial charge in [-0.3, -0.25) is 0 Å². The number of esters is 2. The van der Waals surface area contributed by atoms with Gasteiger partial charge in [-0.1, -0.05) is 48.5 Å². The van der Waals surface area contributed by atoms with Crippen LogP contribution in [0.25, 0.3) is 0 Å². The molecule has 4 aromatic heterocycles. The van der Waals surface area contributed by atoms with Crippen LogP contribution in [0.3, 0.4) is 0 Å². The van der Waals surface area contributed by atoms with E-state index in [0.29, 0.717) is 102 Å². The van der Waals surface area contributed by atoms with Crippen molar-refractivity contribution in [1.29, 1.82) is 0 Å². The van der Waals surface area contributed by atoms with Crippen LogP contribution in [-0.2, 0) is 78.2 Å². The van der Waals surface area contributed by atoms with Gasteiger partial charge >= 0.3 is 11.9 Å². The van der Waals surface area contributed by atoms with Crippen LogP contribution < -0.4 is 40.2 Å². The molecule has 4 aromatic carbocycles. The lowest BCUT2D eigenvalue weighted by Gasteiger charge is -2.14. The molecule has 0 aliphatic rings. The summed E-state index contributed by atoms with van der Waals surface area (Å²) >= 11 is 0. The van der Waals surface area contributed by atoms with Crippen molar-refractivity contribution in [2.24, 2.45) is 28.2 Å². The molecule has 4 heterocycles. The molecule has 0 radical (unpaired) electrons. The molecule has 8 aromatic rings. The van der Waals surface area contributed by atoms with E-state index >= 15 is 0 Å². The molecule has 0 bridgehead atoms. The second-order valence-electron chi connectivity index (χ2n) is 24.0. The summed E-state index contributed by atoms with van der Waals surface area (Å²) in [7, 11) is 23.1. The van der Waals surface area contributed by atoms with Crippen molar-refractivity contribution in [3.05, 3.63) is 143 Å². The number of carbonyl (C=O) groups excluding carboxylic acids is 2. The van der Waals surface area contributed by atoms with E-state index in [1.54, 1.807) is 46.9 Å². The predicted molar refractivity (Wildman–Crippen MR) is 360 cm³/mol. The van der Waals surface area contributed by atoms with E-state index in [9.17, 15) is 9.59 Å². The Hall–Kier alpha value is -9.42. The Morgan fingerprint density at radius 3 is 0.863 bits per heavy atom. The first-order valence-electron chi connectivity index (χ1n) is 31.8. The maximum absolute atomic E-state index is 13.9. The molecule has 4 N–H and O–H groups in total. The van der Waals surface area contributed by atoms with E-state index in [1.807, 2.05) is 129 Å². The van der Waals surface area contributed by atoms with E-state index < -0.39 is 37.4 Å². The molecule has 0 amide bonds. The van der Waals surface area contributed by atoms with Gasteiger partial charge in [0.2, 0.25) is 59.3 Å². The van der Waals surface area contributed by atoms with Crippen LogP contribution in [-0.4, -0.2) is 213 Å². The summed E-state index contributed by atoms with van der Waals surface area (Å²) in [5.41, 5.74) is 4.62. The minimum absolute atomic E-state index is 0.0968. The zero-order valence-electron chi connectivity index (χ0n) is 56.9. The van der Waals surface area contributed by atoms with Crippen molar-refractivity contribution < 1.29 is 42.7 Å². The molecule has 29 nitrogen and oxygen atoms in total. The van der Waals surface area contributed by atoms with Gasteiger partial charge in [-0.15, -0.1) is 0 Å². The highest BCUT2D eigenvalue weighted by Crippen LogP contribution is 2.27. The molecular weight excluding hydrogens is 1220 g/mol. The third-order valence-electron chi connectivity index (χ3n) is 14.1. The van der Waals surface area contributed by atoms with Crippen molar-refractivity contribution >= 4 is 35.7 Å². The number of nitrogens with zero attached hydrogens (tertiary/aromatic N) is 16. The maximum atomic E-state index is 13.9. The predicted octanol–water partition coefficient (Wildman–Crippen LogP) is 5.95. The first-order valence-corrected chi connectivity index (χ1v) is 31.8. The zero-order chi connectivity index (χ0) is 67.6. The lowest BCUT2D eigenvalue weighted by atomic mass is 10.2. The number of aryl methyl sites for hydroxylation is 4. The van der Waals surface area contributed by atoms with Gasteiger partial charge in [0.1, 0.15) is 36.2 Å². The topological polar surface area (TPSA) is 283 Å². The Balaban J connectivity index is 0.909. The second-order valence-corrected chi connectivity index (χ2v) is 24.0. The monoisotopic (exact) mass is 1310 g/mol. The molecule has 0 atom stereocenters. The molecule has 95 heavy (non-hydrogen) atoms. The van der Waals surface area contributed by atoms with Gasteiger partial charge in [-0.2, -0.15) is 40.3 Å². The average molecular weight is 1310 g/mol. The average Bonchev–Trinajstić information content (AvgIpc) is 1.68. The summed E-state index contributed by atoms with van der Waals surface area (Å²) in [5.74, 6) is 3.45. The van der Waals surface area contributed by atoms with Gasteiger partial charge in [0.05, 0.1) is 26.4 Å². The molecule has 0 aliphatic carbocycles. The first kappa shape index (κ1) is 71.4. The third kappa shape index (κ3) is 23.5. The van der Waals surface area contributed by atoms with E-state index in [2.05, 4.69) is 85.5 Å². The number of ether oxygens (including phenoxy) is 7. The van der Waals surface area contributed by atoms with Crippen LogP contribution in [0, 0.1) is 0 Å². The molecule has 0 aliphatic heterocycles. The lowest BCUT2D eigenvalue weighted by molar-refractivity contribution is -0.160. The molecular formula is C66H94N20O9. The number of carbonyl (C=O) groups is 2. The van der Waals surface area contributed by atoms with Crippen molar-refractivity contribution in [2.75, 3.05) is 143 Å². The Morgan fingerprint density at radius 1 is 0.389 bits per heavy atom. The Bertz CT molecular complexity index is 3210. The highest BCUT2D eigenvalue weighted by atomic mass is 16.6. The smallest absolute Gasteiger partial charge is 0.333 e. The van der Waals surface area contributed by atoms with Crippen LogP contribution in [0.2, 0.25) is 0 Å². The number of benzene rings is 4. The minimum Gasteiger partial charge on any atom is -0.494 e. The van der Waals surface area contributed by atoms with E-state index in [-0.39, 0.29) is 23.3 Å². The number of rotatable bonds is 42. The largest absolute Gasteiger partial charge is 0.494 e. The molecule has 0 saturated heterocycles. The van der Waals surface area contributed by atoms with Crippen molar-refractivity contribution in [3.63, 3.8) is 0 Å². The maximum Gasteiger partial charge on any atom is 0.333 e. The zero-order valence-corrected chi connectivity index (χ0v) is 56.9. The van der Waals surface area contributed by atoms with Crippen molar-refractivity contribution in [1.82, 2.24) is 78.7 Å². The highest BCUT2D eigenvalue weighted by Gasteiger charge is 2.32. The summed E-state index contributed by atoms with van der Waals surface area (Å²) in [4.78, 5) is 55.2. The molecule has 0 spiro atoms. The van der Waals surface area contributed by atoms with E-state index in [4.69, 9.17) is 53.1 Å². The Kier molecular flexibility index (Phi) is 27.3. The van der Waals surface area contributed by atoms with E-state index in [1.165, 1.54) is 0 Å².